The molecular weight excluding hydrogens is 378 g/mol. The Morgan fingerprint density at radius 3 is 2.47 bits per heavy atom. The number of benzene rings is 1. The van der Waals surface area contributed by atoms with Crippen LogP contribution in [0.2, 0.25) is 0 Å². The summed E-state index contributed by atoms with van der Waals surface area (Å²) in [7, 11) is 1.66. The Kier molecular flexibility index (Phi) is 6.37. The van der Waals surface area contributed by atoms with Crippen LogP contribution in [0.1, 0.15) is 68.9 Å². The molecule has 1 N–H and O–H groups in total. The molecule has 2 fully saturated rings. The molecule has 0 radical (unpaired) electrons. The Balaban J connectivity index is 1.29. The predicted octanol–water partition coefficient (Wildman–Crippen LogP) is 3.31. The smallest absolute Gasteiger partial charge is 0.234 e. The Morgan fingerprint density at radius 2 is 1.87 bits per heavy atom. The van der Waals surface area contributed by atoms with Crippen LogP contribution in [0.15, 0.2) is 30.6 Å². The van der Waals surface area contributed by atoms with Crippen molar-refractivity contribution in [3.8, 4) is 5.75 Å². The molecule has 7 heteroatoms. The number of amides is 1. The van der Waals surface area contributed by atoms with Crippen LogP contribution in [-0.4, -0.2) is 52.3 Å². The number of aromatic nitrogens is 3. The van der Waals surface area contributed by atoms with Gasteiger partial charge in [0.05, 0.1) is 19.7 Å². The maximum Gasteiger partial charge on any atom is 0.234 e. The highest BCUT2D eigenvalue weighted by molar-refractivity contribution is 5.78. The summed E-state index contributed by atoms with van der Waals surface area (Å²) >= 11 is 0. The van der Waals surface area contributed by atoms with E-state index in [2.05, 4.69) is 38.8 Å². The third-order valence-corrected chi connectivity index (χ3v) is 6.32. The molecule has 2 heterocycles. The predicted molar refractivity (Wildman–Crippen MR) is 115 cm³/mol. The van der Waals surface area contributed by atoms with Crippen LogP contribution < -0.4 is 10.1 Å². The summed E-state index contributed by atoms with van der Waals surface area (Å²) in [5, 5.41) is 11.8. The molecular formula is C23H33N5O2. The third kappa shape index (κ3) is 4.83. The molecule has 1 atom stereocenters. The minimum absolute atomic E-state index is 0.00182. The highest BCUT2D eigenvalue weighted by Gasteiger charge is 2.31. The lowest BCUT2D eigenvalue weighted by molar-refractivity contribution is -0.123. The highest BCUT2D eigenvalue weighted by atomic mass is 16.5. The van der Waals surface area contributed by atoms with E-state index in [1.54, 1.807) is 7.11 Å². The minimum atomic E-state index is -0.00182. The van der Waals surface area contributed by atoms with Gasteiger partial charge in [-0.3, -0.25) is 9.69 Å². The van der Waals surface area contributed by atoms with E-state index in [1.165, 1.54) is 12.8 Å². The van der Waals surface area contributed by atoms with E-state index in [0.29, 0.717) is 24.4 Å². The van der Waals surface area contributed by atoms with Crippen LogP contribution in [0.25, 0.3) is 0 Å². The summed E-state index contributed by atoms with van der Waals surface area (Å²) in [6, 6.07) is 8.57. The van der Waals surface area contributed by atoms with E-state index in [9.17, 15) is 4.79 Å². The standard InChI is InChI=1S/C23H33N5O2/c1-16(2)22(17-4-8-20(30-3)9-5-17)25-21(29)14-27-12-10-18(11-13-27)23-26-24-15-28(23)19-6-7-19/h4-5,8-9,15-16,18-19,22H,6-7,10-14H2,1-3H3,(H,25,29)/t22-/m1/s1. The zero-order valence-corrected chi connectivity index (χ0v) is 18.3. The number of hydrogen-bond donors (Lipinski definition) is 1. The van der Waals surface area contributed by atoms with Gasteiger partial charge in [0, 0.05) is 12.0 Å². The maximum absolute atomic E-state index is 12.8. The quantitative estimate of drug-likeness (QED) is 0.721. The number of carbonyl (C=O) groups is 1. The molecule has 30 heavy (non-hydrogen) atoms. The minimum Gasteiger partial charge on any atom is -0.497 e. The van der Waals surface area contributed by atoms with Crippen molar-refractivity contribution in [3.63, 3.8) is 0 Å². The van der Waals surface area contributed by atoms with Crippen molar-refractivity contribution in [2.75, 3.05) is 26.7 Å². The first kappa shape index (κ1) is 20.8. The van der Waals surface area contributed by atoms with Crippen LogP contribution in [0, 0.1) is 5.92 Å². The van der Waals surface area contributed by atoms with E-state index >= 15 is 0 Å². The molecule has 0 bridgehead atoms. The number of rotatable bonds is 8. The van der Waals surface area contributed by atoms with Crippen molar-refractivity contribution in [2.45, 2.75) is 57.5 Å². The molecule has 2 aromatic rings. The van der Waals surface area contributed by atoms with Crippen molar-refractivity contribution >= 4 is 5.91 Å². The molecule has 162 valence electrons. The molecule has 1 saturated carbocycles. The van der Waals surface area contributed by atoms with Gasteiger partial charge in [0.1, 0.15) is 17.9 Å². The van der Waals surface area contributed by atoms with Crippen LogP contribution in [-0.2, 0) is 4.79 Å². The van der Waals surface area contributed by atoms with Crippen LogP contribution in [0.5, 0.6) is 5.75 Å². The van der Waals surface area contributed by atoms with E-state index < -0.39 is 0 Å². The van der Waals surface area contributed by atoms with Gasteiger partial charge in [-0.05, 0) is 62.4 Å². The monoisotopic (exact) mass is 411 g/mol. The van der Waals surface area contributed by atoms with E-state index in [4.69, 9.17) is 4.74 Å². The van der Waals surface area contributed by atoms with Crippen molar-refractivity contribution in [3.05, 3.63) is 42.0 Å². The van der Waals surface area contributed by atoms with Crippen molar-refractivity contribution < 1.29 is 9.53 Å². The summed E-state index contributed by atoms with van der Waals surface area (Å²) in [6.45, 7) is 6.56. The molecule has 1 aromatic carbocycles. The number of ether oxygens (including phenoxy) is 1. The van der Waals surface area contributed by atoms with Gasteiger partial charge < -0.3 is 14.6 Å². The second kappa shape index (κ2) is 9.16. The highest BCUT2D eigenvalue weighted by Crippen LogP contribution is 2.38. The lowest BCUT2D eigenvalue weighted by atomic mass is 9.95. The SMILES string of the molecule is COc1ccc([C@H](NC(=O)CN2CCC(c3nncn3C3CC3)CC2)C(C)C)cc1. The van der Waals surface area contributed by atoms with Gasteiger partial charge in [-0.15, -0.1) is 10.2 Å². The number of nitrogens with one attached hydrogen (secondary N) is 1. The molecule has 1 saturated heterocycles. The Morgan fingerprint density at radius 1 is 1.17 bits per heavy atom. The largest absolute Gasteiger partial charge is 0.497 e. The first-order valence-electron chi connectivity index (χ1n) is 11.1. The molecule has 4 rings (SSSR count). The first-order chi connectivity index (χ1) is 14.5. The number of carbonyl (C=O) groups excluding carboxylic acids is 1. The normalized spacial score (nSPS) is 19.1. The molecule has 7 nitrogen and oxygen atoms in total. The Labute approximate surface area is 178 Å². The molecule has 1 aromatic heterocycles. The lowest BCUT2D eigenvalue weighted by Crippen LogP contribution is -2.43. The van der Waals surface area contributed by atoms with Crippen LogP contribution >= 0.6 is 0 Å². The molecule has 1 aliphatic heterocycles. The first-order valence-corrected chi connectivity index (χ1v) is 11.1. The average molecular weight is 412 g/mol. The van der Waals surface area contributed by atoms with Crippen LogP contribution in [0.4, 0.5) is 0 Å². The van der Waals surface area contributed by atoms with Gasteiger partial charge in [-0.25, -0.2) is 0 Å². The van der Waals surface area contributed by atoms with Gasteiger partial charge in [0.25, 0.3) is 0 Å². The summed E-state index contributed by atoms with van der Waals surface area (Å²) in [6.07, 6.45) is 6.44. The van der Waals surface area contributed by atoms with Crippen molar-refractivity contribution in [1.82, 2.24) is 25.0 Å². The van der Waals surface area contributed by atoms with E-state index in [0.717, 1.165) is 43.1 Å². The fourth-order valence-corrected chi connectivity index (χ4v) is 4.40. The maximum atomic E-state index is 12.8. The topological polar surface area (TPSA) is 72.3 Å². The van der Waals surface area contributed by atoms with E-state index in [1.807, 2.05) is 30.6 Å². The van der Waals surface area contributed by atoms with Gasteiger partial charge in [-0.2, -0.15) is 0 Å². The Bertz CT molecular complexity index is 836. The fraction of sp³-hybridized carbons (Fsp3) is 0.609. The number of hydrogen-bond acceptors (Lipinski definition) is 5. The molecule has 1 amide bonds. The molecule has 1 aliphatic carbocycles. The number of nitrogens with zero attached hydrogens (tertiary/aromatic N) is 4. The zero-order valence-electron chi connectivity index (χ0n) is 18.3. The summed E-state index contributed by atoms with van der Waals surface area (Å²) < 4.78 is 7.52. The Hall–Kier alpha value is -2.41. The summed E-state index contributed by atoms with van der Waals surface area (Å²) in [5.41, 5.74) is 1.11. The van der Waals surface area contributed by atoms with Gasteiger partial charge in [0.15, 0.2) is 0 Å². The lowest BCUT2D eigenvalue weighted by Gasteiger charge is -2.32. The second-order valence-electron chi connectivity index (χ2n) is 8.94. The number of piperidine rings is 1. The molecule has 0 unspecified atom stereocenters. The van der Waals surface area contributed by atoms with E-state index in [-0.39, 0.29) is 11.9 Å². The van der Waals surface area contributed by atoms with Gasteiger partial charge in [-0.1, -0.05) is 26.0 Å². The molecule has 2 aliphatic rings. The van der Waals surface area contributed by atoms with Crippen molar-refractivity contribution in [2.24, 2.45) is 5.92 Å². The number of likely N-dealkylation sites (tertiary alicyclic amines) is 1. The van der Waals surface area contributed by atoms with Gasteiger partial charge >= 0.3 is 0 Å². The average Bonchev–Trinajstić information content (AvgIpc) is 3.49. The summed E-state index contributed by atoms with van der Waals surface area (Å²) in [5.74, 6) is 2.81. The second-order valence-corrected chi connectivity index (χ2v) is 8.94. The summed E-state index contributed by atoms with van der Waals surface area (Å²) in [4.78, 5) is 15.0. The fourth-order valence-electron chi connectivity index (χ4n) is 4.40. The zero-order chi connectivity index (χ0) is 21.1. The molecule has 0 spiro atoms. The van der Waals surface area contributed by atoms with Crippen molar-refractivity contribution in [1.29, 1.82) is 0 Å². The van der Waals surface area contributed by atoms with Gasteiger partial charge in [0.2, 0.25) is 5.91 Å². The number of methoxy groups -OCH3 is 1. The van der Waals surface area contributed by atoms with Crippen LogP contribution in [0.3, 0.4) is 0 Å². The third-order valence-electron chi connectivity index (χ3n) is 6.32.